The zero-order valence-electron chi connectivity index (χ0n) is 11.6. The number of hydrogen-bond acceptors (Lipinski definition) is 2. The molecule has 1 atom stereocenters. The van der Waals surface area contributed by atoms with Gasteiger partial charge < -0.3 is 10.4 Å². The summed E-state index contributed by atoms with van der Waals surface area (Å²) in [5.41, 5.74) is 2.30. The van der Waals surface area contributed by atoms with Gasteiger partial charge in [0.2, 0.25) is 0 Å². The first-order valence-corrected chi connectivity index (χ1v) is 6.93. The van der Waals surface area contributed by atoms with Crippen molar-refractivity contribution in [2.24, 2.45) is 0 Å². The van der Waals surface area contributed by atoms with Crippen LogP contribution in [-0.4, -0.2) is 17.7 Å². The molecule has 0 aliphatic rings. The number of phenolic OH excluding ortho intramolecular Hbond substituents is 1. The molecule has 20 heavy (non-hydrogen) atoms. The van der Waals surface area contributed by atoms with Crippen LogP contribution in [0.15, 0.2) is 48.5 Å². The summed E-state index contributed by atoms with van der Waals surface area (Å²) in [4.78, 5) is 0. The first-order valence-electron chi connectivity index (χ1n) is 6.93. The van der Waals surface area contributed by atoms with Crippen molar-refractivity contribution >= 4 is 0 Å². The average Bonchev–Trinajstić information content (AvgIpc) is 2.44. The number of benzene rings is 2. The van der Waals surface area contributed by atoms with Crippen LogP contribution in [0.2, 0.25) is 0 Å². The Morgan fingerprint density at radius 2 is 1.45 bits per heavy atom. The van der Waals surface area contributed by atoms with E-state index in [1.807, 2.05) is 24.3 Å². The fourth-order valence-electron chi connectivity index (χ4n) is 2.33. The van der Waals surface area contributed by atoms with E-state index in [9.17, 15) is 9.50 Å². The van der Waals surface area contributed by atoms with Crippen LogP contribution >= 0.6 is 0 Å². The molecule has 0 radical (unpaired) electrons. The predicted molar refractivity (Wildman–Crippen MR) is 79.4 cm³/mol. The topological polar surface area (TPSA) is 32.3 Å². The van der Waals surface area contributed by atoms with Gasteiger partial charge in [-0.25, -0.2) is 4.39 Å². The molecule has 2 aromatic rings. The molecule has 2 aromatic carbocycles. The molecule has 2 rings (SSSR count). The lowest BCUT2D eigenvalue weighted by atomic mass is 9.99. The maximum absolute atomic E-state index is 12.9. The summed E-state index contributed by atoms with van der Waals surface area (Å²) in [6.07, 6.45) is 1.74. The van der Waals surface area contributed by atoms with Gasteiger partial charge in [-0.1, -0.05) is 31.2 Å². The Morgan fingerprint density at radius 1 is 0.950 bits per heavy atom. The van der Waals surface area contributed by atoms with Crippen molar-refractivity contribution in [1.29, 1.82) is 0 Å². The van der Waals surface area contributed by atoms with Crippen LogP contribution in [0, 0.1) is 5.82 Å². The summed E-state index contributed by atoms with van der Waals surface area (Å²) in [6, 6.07) is 14.2. The minimum Gasteiger partial charge on any atom is -0.508 e. The third-order valence-electron chi connectivity index (χ3n) is 3.31. The fraction of sp³-hybridized carbons (Fsp3) is 0.294. The molecule has 0 saturated carbocycles. The van der Waals surface area contributed by atoms with Crippen molar-refractivity contribution in [2.45, 2.75) is 25.8 Å². The van der Waals surface area contributed by atoms with E-state index in [4.69, 9.17) is 0 Å². The minimum absolute atomic E-state index is 0.202. The highest BCUT2D eigenvalue weighted by atomic mass is 19.1. The maximum Gasteiger partial charge on any atom is 0.123 e. The third kappa shape index (κ3) is 4.35. The Morgan fingerprint density at radius 3 is 1.95 bits per heavy atom. The van der Waals surface area contributed by atoms with Crippen LogP contribution in [0.25, 0.3) is 0 Å². The van der Waals surface area contributed by atoms with E-state index in [0.29, 0.717) is 6.04 Å². The number of nitrogens with one attached hydrogen (secondary N) is 1. The average molecular weight is 273 g/mol. The highest BCUT2D eigenvalue weighted by molar-refractivity contribution is 5.27. The fourth-order valence-corrected chi connectivity index (χ4v) is 2.33. The normalized spacial score (nSPS) is 12.3. The summed E-state index contributed by atoms with van der Waals surface area (Å²) in [5, 5.41) is 12.8. The summed E-state index contributed by atoms with van der Waals surface area (Å²) < 4.78 is 12.9. The summed E-state index contributed by atoms with van der Waals surface area (Å²) in [7, 11) is 0. The number of aromatic hydroxyl groups is 1. The predicted octanol–water partition coefficient (Wildman–Crippen LogP) is 3.29. The van der Waals surface area contributed by atoms with Gasteiger partial charge in [0, 0.05) is 6.04 Å². The first-order chi connectivity index (χ1) is 9.67. The molecule has 0 fully saturated rings. The van der Waals surface area contributed by atoms with E-state index >= 15 is 0 Å². The standard InChI is InChI=1S/C17H20FNO/c1-2-19-16(11-13-3-7-15(18)8-4-13)12-14-5-9-17(20)10-6-14/h3-10,16,19-20H,2,11-12H2,1H3. The van der Waals surface area contributed by atoms with Gasteiger partial charge in [0.25, 0.3) is 0 Å². The maximum atomic E-state index is 12.9. The first kappa shape index (κ1) is 14.5. The molecule has 2 N–H and O–H groups in total. The van der Waals surface area contributed by atoms with Crippen molar-refractivity contribution in [3.8, 4) is 5.75 Å². The Labute approximate surface area is 119 Å². The van der Waals surface area contributed by atoms with E-state index < -0.39 is 0 Å². The van der Waals surface area contributed by atoms with Gasteiger partial charge in [0.05, 0.1) is 0 Å². The molecule has 1 unspecified atom stereocenters. The monoisotopic (exact) mass is 273 g/mol. The van der Waals surface area contributed by atoms with Gasteiger partial charge in [-0.2, -0.15) is 0 Å². The molecule has 0 bridgehead atoms. The Hall–Kier alpha value is -1.87. The van der Waals surface area contributed by atoms with Crippen molar-refractivity contribution in [3.63, 3.8) is 0 Å². The van der Waals surface area contributed by atoms with Gasteiger partial charge >= 0.3 is 0 Å². The largest absolute Gasteiger partial charge is 0.508 e. The second kappa shape index (κ2) is 7.06. The molecule has 0 amide bonds. The van der Waals surface area contributed by atoms with E-state index in [1.54, 1.807) is 12.1 Å². The lowest BCUT2D eigenvalue weighted by Gasteiger charge is -2.18. The Balaban J connectivity index is 2.02. The van der Waals surface area contributed by atoms with Crippen LogP contribution in [0.5, 0.6) is 5.75 Å². The molecule has 0 heterocycles. The van der Waals surface area contributed by atoms with Gasteiger partial charge in [-0.15, -0.1) is 0 Å². The van der Waals surface area contributed by atoms with Gasteiger partial charge in [-0.3, -0.25) is 0 Å². The van der Waals surface area contributed by atoms with Crippen molar-refractivity contribution in [2.75, 3.05) is 6.54 Å². The van der Waals surface area contributed by atoms with Crippen LogP contribution in [-0.2, 0) is 12.8 Å². The smallest absolute Gasteiger partial charge is 0.123 e. The minimum atomic E-state index is -0.202. The van der Waals surface area contributed by atoms with Gasteiger partial charge in [0.15, 0.2) is 0 Å². The lowest BCUT2D eigenvalue weighted by Crippen LogP contribution is -2.33. The summed E-state index contributed by atoms with van der Waals surface area (Å²) in [6.45, 7) is 2.97. The van der Waals surface area contributed by atoms with Gasteiger partial charge in [-0.05, 0) is 54.8 Å². The van der Waals surface area contributed by atoms with Crippen molar-refractivity contribution in [1.82, 2.24) is 5.32 Å². The number of rotatable bonds is 6. The lowest BCUT2D eigenvalue weighted by molar-refractivity contribution is 0.474. The summed E-state index contributed by atoms with van der Waals surface area (Å²) in [5.74, 6) is 0.0829. The SMILES string of the molecule is CCNC(Cc1ccc(O)cc1)Cc1ccc(F)cc1. The molecule has 3 heteroatoms. The Bertz CT molecular complexity index is 474. The van der Waals surface area contributed by atoms with Crippen LogP contribution in [0.3, 0.4) is 0 Å². The quantitative estimate of drug-likeness (QED) is 0.846. The van der Waals surface area contributed by atoms with Crippen molar-refractivity contribution in [3.05, 3.63) is 65.5 Å². The molecule has 0 aromatic heterocycles. The molecule has 106 valence electrons. The van der Waals surface area contributed by atoms with Gasteiger partial charge in [0.1, 0.15) is 11.6 Å². The van der Waals surface area contributed by atoms with Crippen molar-refractivity contribution < 1.29 is 9.50 Å². The van der Waals surface area contributed by atoms with Crippen LogP contribution in [0.1, 0.15) is 18.1 Å². The second-order valence-corrected chi connectivity index (χ2v) is 4.96. The molecular formula is C17H20FNO. The highest BCUT2D eigenvalue weighted by Gasteiger charge is 2.09. The molecule has 2 nitrogen and oxygen atoms in total. The summed E-state index contributed by atoms with van der Waals surface area (Å²) >= 11 is 0. The number of likely N-dealkylation sites (N-methyl/N-ethyl adjacent to an activating group) is 1. The zero-order valence-corrected chi connectivity index (χ0v) is 11.6. The molecule has 0 aliphatic heterocycles. The Kier molecular flexibility index (Phi) is 5.13. The molecule has 0 saturated heterocycles. The van der Waals surface area contributed by atoms with Crippen LogP contribution in [0.4, 0.5) is 4.39 Å². The molecular weight excluding hydrogens is 253 g/mol. The van der Waals surface area contributed by atoms with E-state index in [2.05, 4.69) is 12.2 Å². The second-order valence-electron chi connectivity index (χ2n) is 4.96. The van der Waals surface area contributed by atoms with E-state index in [-0.39, 0.29) is 11.6 Å². The number of hydrogen-bond donors (Lipinski definition) is 2. The number of halogens is 1. The van der Waals surface area contributed by atoms with Crippen LogP contribution < -0.4 is 5.32 Å². The molecule has 0 aliphatic carbocycles. The zero-order chi connectivity index (χ0) is 14.4. The van der Waals surface area contributed by atoms with E-state index in [0.717, 1.165) is 24.9 Å². The van der Waals surface area contributed by atoms with E-state index in [1.165, 1.54) is 17.7 Å². The number of phenols is 1. The highest BCUT2D eigenvalue weighted by Crippen LogP contribution is 2.14. The molecule has 0 spiro atoms. The third-order valence-corrected chi connectivity index (χ3v) is 3.31.